The van der Waals surface area contributed by atoms with Crippen molar-refractivity contribution in [2.24, 2.45) is 5.92 Å². The number of aromatic nitrogens is 2. The van der Waals surface area contributed by atoms with Crippen LogP contribution in [0.3, 0.4) is 0 Å². The van der Waals surface area contributed by atoms with Crippen molar-refractivity contribution in [1.82, 2.24) is 15.1 Å². The van der Waals surface area contributed by atoms with E-state index in [2.05, 4.69) is 15.1 Å². The number of piperazine rings is 1. The van der Waals surface area contributed by atoms with Crippen LogP contribution in [0.15, 0.2) is 0 Å². The van der Waals surface area contributed by atoms with Crippen molar-refractivity contribution in [2.75, 3.05) is 64.1 Å². The van der Waals surface area contributed by atoms with Crippen molar-refractivity contribution in [2.45, 2.75) is 6.18 Å². The van der Waals surface area contributed by atoms with Crippen LogP contribution in [-0.2, 0) is 15.7 Å². The Morgan fingerprint density at radius 2 is 1.70 bits per heavy atom. The first-order chi connectivity index (χ1) is 11.0. The summed E-state index contributed by atoms with van der Waals surface area (Å²) in [5.74, 6) is 0.349. The molecule has 3 rings (SSSR count). The van der Waals surface area contributed by atoms with Crippen LogP contribution in [0.4, 0.5) is 18.3 Å². The molecule has 0 spiro atoms. The molecule has 23 heavy (non-hydrogen) atoms. The van der Waals surface area contributed by atoms with Crippen LogP contribution in [0.2, 0.25) is 0 Å². The lowest BCUT2D eigenvalue weighted by Gasteiger charge is -2.35. The summed E-state index contributed by atoms with van der Waals surface area (Å²) < 4.78 is 48.7. The fraction of sp³-hybridized carbons (Fsp3) is 0.846. The second kappa shape index (κ2) is 7.29. The maximum atomic E-state index is 12.6. The van der Waals surface area contributed by atoms with Gasteiger partial charge in [-0.15, -0.1) is 10.2 Å². The SMILES string of the molecule is FC(F)(F)c1nnc(N2CCN(CC3COCCOC3)CC2)s1. The highest BCUT2D eigenvalue weighted by Crippen LogP contribution is 2.34. The zero-order valence-corrected chi connectivity index (χ0v) is 13.4. The Labute approximate surface area is 136 Å². The Bertz CT molecular complexity index is 498. The first kappa shape index (κ1) is 16.9. The maximum absolute atomic E-state index is 12.6. The van der Waals surface area contributed by atoms with Gasteiger partial charge in [-0.2, -0.15) is 13.2 Å². The highest BCUT2D eigenvalue weighted by atomic mass is 32.1. The minimum absolute atomic E-state index is 0.345. The minimum atomic E-state index is -4.42. The molecule has 2 fully saturated rings. The number of hydrogen-bond acceptors (Lipinski definition) is 7. The second-order valence-corrected chi connectivity index (χ2v) is 6.65. The van der Waals surface area contributed by atoms with Gasteiger partial charge < -0.3 is 14.4 Å². The van der Waals surface area contributed by atoms with Gasteiger partial charge in [-0.05, 0) is 0 Å². The minimum Gasteiger partial charge on any atom is -0.379 e. The third-order valence-electron chi connectivity index (χ3n) is 3.90. The number of nitrogens with zero attached hydrogens (tertiary/aromatic N) is 4. The first-order valence-corrected chi connectivity index (χ1v) is 8.37. The predicted molar refractivity (Wildman–Crippen MR) is 78.7 cm³/mol. The van der Waals surface area contributed by atoms with E-state index in [9.17, 15) is 13.2 Å². The van der Waals surface area contributed by atoms with Crippen molar-refractivity contribution in [3.8, 4) is 0 Å². The number of hydrogen-bond donors (Lipinski definition) is 0. The van der Waals surface area contributed by atoms with E-state index in [-0.39, 0.29) is 0 Å². The molecular formula is C13H19F3N4O2S. The van der Waals surface area contributed by atoms with E-state index < -0.39 is 11.2 Å². The van der Waals surface area contributed by atoms with E-state index in [1.807, 2.05) is 4.90 Å². The number of anilines is 1. The van der Waals surface area contributed by atoms with Crippen LogP contribution < -0.4 is 4.90 Å². The number of rotatable bonds is 3. The molecule has 0 radical (unpaired) electrons. The molecular weight excluding hydrogens is 333 g/mol. The number of ether oxygens (including phenoxy) is 2. The van der Waals surface area contributed by atoms with E-state index >= 15 is 0 Å². The van der Waals surface area contributed by atoms with Gasteiger partial charge in [-0.3, -0.25) is 4.90 Å². The van der Waals surface area contributed by atoms with Crippen molar-refractivity contribution in [1.29, 1.82) is 0 Å². The average molecular weight is 352 g/mol. The summed E-state index contributed by atoms with van der Waals surface area (Å²) in [7, 11) is 0. The maximum Gasteiger partial charge on any atom is 0.445 e. The Hall–Kier alpha value is -0.970. The van der Waals surface area contributed by atoms with Crippen molar-refractivity contribution in [3.63, 3.8) is 0 Å². The highest BCUT2D eigenvalue weighted by Gasteiger charge is 2.36. The van der Waals surface area contributed by atoms with E-state index in [1.165, 1.54) is 0 Å². The van der Waals surface area contributed by atoms with Crippen LogP contribution >= 0.6 is 11.3 Å². The van der Waals surface area contributed by atoms with Gasteiger partial charge in [0.1, 0.15) is 0 Å². The van der Waals surface area contributed by atoms with Crippen molar-refractivity contribution in [3.05, 3.63) is 5.01 Å². The van der Waals surface area contributed by atoms with E-state index in [1.54, 1.807) is 0 Å². The van der Waals surface area contributed by atoms with Crippen LogP contribution in [0.1, 0.15) is 5.01 Å². The number of halogens is 3. The molecule has 6 nitrogen and oxygen atoms in total. The third kappa shape index (κ3) is 4.52. The molecule has 2 saturated heterocycles. The van der Waals surface area contributed by atoms with Gasteiger partial charge in [0.05, 0.1) is 26.4 Å². The molecule has 1 aromatic rings. The first-order valence-electron chi connectivity index (χ1n) is 7.56. The molecule has 0 aromatic carbocycles. The molecule has 0 N–H and O–H groups in total. The summed E-state index contributed by atoms with van der Waals surface area (Å²) in [5, 5.41) is 6.38. The van der Waals surface area contributed by atoms with Crippen LogP contribution in [0.25, 0.3) is 0 Å². The number of alkyl halides is 3. The normalized spacial score (nSPS) is 22.3. The fourth-order valence-electron chi connectivity index (χ4n) is 2.72. The molecule has 0 atom stereocenters. The quantitative estimate of drug-likeness (QED) is 0.818. The lowest BCUT2D eigenvalue weighted by molar-refractivity contribution is -0.138. The smallest absolute Gasteiger partial charge is 0.379 e. The molecule has 2 aliphatic rings. The molecule has 2 aliphatic heterocycles. The molecule has 130 valence electrons. The van der Waals surface area contributed by atoms with Gasteiger partial charge in [-0.25, -0.2) is 0 Å². The molecule has 0 bridgehead atoms. The van der Waals surface area contributed by atoms with E-state index in [0.29, 0.717) is 61.9 Å². The van der Waals surface area contributed by atoms with Crippen molar-refractivity contribution >= 4 is 16.5 Å². The second-order valence-electron chi connectivity index (χ2n) is 5.69. The molecule has 0 amide bonds. The largest absolute Gasteiger partial charge is 0.445 e. The zero-order chi connectivity index (χ0) is 16.3. The van der Waals surface area contributed by atoms with Gasteiger partial charge in [-0.1, -0.05) is 11.3 Å². The average Bonchev–Trinajstić information content (AvgIpc) is 2.89. The summed E-state index contributed by atoms with van der Waals surface area (Å²) in [4.78, 5) is 4.16. The molecule has 1 aromatic heterocycles. The molecule has 0 saturated carbocycles. The summed E-state index contributed by atoms with van der Waals surface area (Å²) in [6.07, 6.45) is -4.42. The Morgan fingerprint density at radius 3 is 2.26 bits per heavy atom. The lowest BCUT2D eigenvalue weighted by Crippen LogP contribution is -2.48. The summed E-state index contributed by atoms with van der Waals surface area (Å²) in [5.41, 5.74) is 0. The van der Waals surface area contributed by atoms with Crippen LogP contribution in [-0.4, -0.2) is 74.2 Å². The highest BCUT2D eigenvalue weighted by molar-refractivity contribution is 7.15. The molecule has 10 heteroatoms. The fourth-order valence-corrected chi connectivity index (χ4v) is 3.48. The van der Waals surface area contributed by atoms with E-state index in [0.717, 1.165) is 19.6 Å². The third-order valence-corrected chi connectivity index (χ3v) is 4.92. The zero-order valence-electron chi connectivity index (χ0n) is 12.6. The monoisotopic (exact) mass is 352 g/mol. The van der Waals surface area contributed by atoms with E-state index in [4.69, 9.17) is 9.47 Å². The van der Waals surface area contributed by atoms with Gasteiger partial charge in [0.15, 0.2) is 0 Å². The van der Waals surface area contributed by atoms with Crippen LogP contribution in [0.5, 0.6) is 0 Å². The van der Waals surface area contributed by atoms with Gasteiger partial charge in [0.2, 0.25) is 10.1 Å². The summed E-state index contributed by atoms with van der Waals surface area (Å²) in [6.45, 7) is 6.46. The Morgan fingerprint density at radius 1 is 1.04 bits per heavy atom. The topological polar surface area (TPSA) is 50.7 Å². The Kier molecular flexibility index (Phi) is 5.34. The van der Waals surface area contributed by atoms with Gasteiger partial charge in [0.25, 0.3) is 0 Å². The lowest BCUT2D eigenvalue weighted by atomic mass is 10.1. The standard InChI is InChI=1S/C13H19F3N4O2S/c14-13(15,16)11-17-18-12(23-11)20-3-1-19(2-4-20)7-10-8-21-5-6-22-9-10/h10H,1-9H2. The molecule has 3 heterocycles. The molecule has 0 aliphatic carbocycles. The Balaban J connectivity index is 1.49. The van der Waals surface area contributed by atoms with Crippen molar-refractivity contribution < 1.29 is 22.6 Å². The molecule has 0 unspecified atom stereocenters. The predicted octanol–water partition coefficient (Wildman–Crippen LogP) is 1.34. The summed E-state index contributed by atoms with van der Waals surface area (Å²) in [6, 6.07) is 0. The van der Waals surface area contributed by atoms with Gasteiger partial charge in [0, 0.05) is 38.6 Å². The summed E-state index contributed by atoms with van der Waals surface area (Å²) >= 11 is 0.606. The van der Waals surface area contributed by atoms with Gasteiger partial charge >= 0.3 is 6.18 Å². The van der Waals surface area contributed by atoms with Crippen LogP contribution in [0, 0.1) is 5.92 Å².